The molecular weight excluding hydrogens is 285 g/mol. The van der Waals surface area contributed by atoms with Gasteiger partial charge < -0.3 is 24.5 Å². The third-order valence-corrected chi connectivity index (χ3v) is 4.17. The average molecular weight is 307 g/mol. The van der Waals surface area contributed by atoms with Crippen molar-refractivity contribution in [3.63, 3.8) is 0 Å². The number of rotatable bonds is 4. The second-order valence-corrected chi connectivity index (χ2v) is 6.25. The van der Waals surface area contributed by atoms with E-state index in [2.05, 4.69) is 5.32 Å². The molecule has 0 unspecified atom stereocenters. The van der Waals surface area contributed by atoms with Crippen molar-refractivity contribution in [2.75, 3.05) is 19.0 Å². The van der Waals surface area contributed by atoms with Crippen molar-refractivity contribution in [1.29, 1.82) is 0 Å². The second kappa shape index (κ2) is 5.91. The molecule has 1 aliphatic rings. The summed E-state index contributed by atoms with van der Waals surface area (Å²) >= 11 is 0. The van der Waals surface area contributed by atoms with Crippen molar-refractivity contribution in [2.24, 2.45) is 0 Å². The molecule has 1 heterocycles. The summed E-state index contributed by atoms with van der Waals surface area (Å²) in [6, 6.07) is 5.26. The Hall–Kier alpha value is -1.57. The number of aliphatic hydroxyl groups excluding tert-OH is 1. The monoisotopic (exact) mass is 307 g/mol. The summed E-state index contributed by atoms with van der Waals surface area (Å²) in [6.07, 6.45) is 0. The van der Waals surface area contributed by atoms with E-state index < -0.39 is 30.8 Å². The topological polar surface area (TPSA) is 77.0 Å². The molecule has 1 amide bonds. The van der Waals surface area contributed by atoms with Gasteiger partial charge in [0.2, 0.25) is 5.91 Å². The average Bonchev–Trinajstić information content (AvgIpc) is 2.67. The van der Waals surface area contributed by atoms with Crippen molar-refractivity contribution in [3.05, 3.63) is 18.2 Å². The lowest BCUT2D eigenvalue weighted by molar-refractivity contribution is -0.118. The van der Waals surface area contributed by atoms with Crippen LogP contribution in [0.1, 0.15) is 27.7 Å². The molecule has 1 fully saturated rings. The van der Waals surface area contributed by atoms with Gasteiger partial charge in [-0.2, -0.15) is 0 Å². The van der Waals surface area contributed by atoms with Crippen molar-refractivity contribution in [1.82, 2.24) is 0 Å². The highest BCUT2D eigenvalue weighted by atomic mass is 16.7. The van der Waals surface area contributed by atoms with Crippen LogP contribution in [-0.2, 0) is 14.1 Å². The number of carbonyl (C=O) groups is 1. The molecule has 1 saturated heterocycles. The van der Waals surface area contributed by atoms with Crippen LogP contribution in [0.15, 0.2) is 18.2 Å². The molecule has 1 aromatic carbocycles. The van der Waals surface area contributed by atoms with Crippen LogP contribution >= 0.6 is 0 Å². The van der Waals surface area contributed by atoms with Crippen LogP contribution in [0.25, 0.3) is 0 Å². The van der Waals surface area contributed by atoms with Gasteiger partial charge in [-0.25, -0.2) is 0 Å². The largest absolute Gasteiger partial charge is 0.495 e. The maximum atomic E-state index is 11.3. The number of benzene rings is 1. The number of methoxy groups -OCH3 is 1. The Morgan fingerprint density at radius 3 is 2.36 bits per heavy atom. The standard InChI is InChI=1S/C15H22BNO5/c1-14(2)15(3,4)22-16(21-14)10-6-7-11(12(8-10)20-5)17-13(19)9-18/h6-8,18H,9H2,1-5H3,(H,17,19). The lowest BCUT2D eigenvalue weighted by atomic mass is 9.79. The number of anilines is 1. The SMILES string of the molecule is COc1cc(B2OC(C)(C)C(C)(C)O2)ccc1NC(=O)CO. The predicted molar refractivity (Wildman–Crippen MR) is 84.4 cm³/mol. The first-order chi connectivity index (χ1) is 10.2. The molecule has 6 nitrogen and oxygen atoms in total. The Morgan fingerprint density at radius 1 is 1.27 bits per heavy atom. The quantitative estimate of drug-likeness (QED) is 0.809. The van der Waals surface area contributed by atoms with E-state index in [1.54, 1.807) is 18.2 Å². The number of ether oxygens (including phenoxy) is 1. The zero-order chi connectivity index (χ0) is 16.5. The lowest BCUT2D eigenvalue weighted by Crippen LogP contribution is -2.41. The van der Waals surface area contributed by atoms with Crippen LogP contribution in [0.3, 0.4) is 0 Å². The van der Waals surface area contributed by atoms with Crippen molar-refractivity contribution in [2.45, 2.75) is 38.9 Å². The number of carbonyl (C=O) groups excluding carboxylic acids is 1. The van der Waals surface area contributed by atoms with E-state index in [0.717, 1.165) is 5.46 Å². The number of hydrogen-bond donors (Lipinski definition) is 2. The summed E-state index contributed by atoms with van der Waals surface area (Å²) in [5.74, 6) is -0.0179. The predicted octanol–water partition coefficient (Wildman–Crippen LogP) is 0.925. The molecule has 120 valence electrons. The Labute approximate surface area is 130 Å². The first-order valence-electron chi connectivity index (χ1n) is 7.14. The molecule has 0 radical (unpaired) electrons. The van der Waals surface area contributed by atoms with E-state index in [-0.39, 0.29) is 0 Å². The number of nitrogens with one attached hydrogen (secondary N) is 1. The fourth-order valence-corrected chi connectivity index (χ4v) is 2.13. The van der Waals surface area contributed by atoms with Crippen molar-refractivity contribution in [3.8, 4) is 5.75 Å². The molecule has 0 aliphatic carbocycles. The smallest absolute Gasteiger partial charge is 0.494 e. The molecule has 2 rings (SSSR count). The summed E-state index contributed by atoms with van der Waals surface area (Å²) in [5.41, 5.74) is 0.447. The van der Waals surface area contributed by atoms with E-state index in [0.29, 0.717) is 11.4 Å². The van der Waals surface area contributed by atoms with Gasteiger partial charge in [-0.15, -0.1) is 0 Å². The lowest BCUT2D eigenvalue weighted by Gasteiger charge is -2.32. The summed E-state index contributed by atoms with van der Waals surface area (Å²) in [6.45, 7) is 7.36. The summed E-state index contributed by atoms with van der Waals surface area (Å²) in [4.78, 5) is 11.3. The normalized spacial score (nSPS) is 19.1. The minimum absolute atomic E-state index is 0.422. The Kier molecular flexibility index (Phi) is 4.51. The highest BCUT2D eigenvalue weighted by Gasteiger charge is 2.51. The molecule has 7 heteroatoms. The third kappa shape index (κ3) is 3.11. The van der Waals surface area contributed by atoms with E-state index in [1.807, 2.05) is 27.7 Å². The van der Waals surface area contributed by atoms with Crippen LogP contribution in [0.4, 0.5) is 5.69 Å². The van der Waals surface area contributed by atoms with Crippen LogP contribution < -0.4 is 15.5 Å². The van der Waals surface area contributed by atoms with Crippen molar-refractivity contribution < 1.29 is 23.9 Å². The summed E-state index contributed by atoms with van der Waals surface area (Å²) < 4.78 is 17.3. The maximum Gasteiger partial charge on any atom is 0.494 e. The van der Waals surface area contributed by atoms with Gasteiger partial charge in [0.1, 0.15) is 12.4 Å². The van der Waals surface area contributed by atoms with Gasteiger partial charge in [0, 0.05) is 0 Å². The Balaban J connectivity index is 2.26. The van der Waals surface area contributed by atoms with Crippen LogP contribution in [0.5, 0.6) is 5.75 Å². The van der Waals surface area contributed by atoms with E-state index in [9.17, 15) is 4.79 Å². The Bertz CT molecular complexity index is 557. The number of hydrogen-bond acceptors (Lipinski definition) is 5. The maximum absolute atomic E-state index is 11.3. The first-order valence-corrected chi connectivity index (χ1v) is 7.14. The first kappa shape index (κ1) is 16.8. The zero-order valence-electron chi connectivity index (χ0n) is 13.6. The highest BCUT2D eigenvalue weighted by molar-refractivity contribution is 6.62. The van der Waals surface area contributed by atoms with E-state index in [1.165, 1.54) is 7.11 Å². The minimum Gasteiger partial charge on any atom is -0.495 e. The fourth-order valence-electron chi connectivity index (χ4n) is 2.13. The van der Waals surface area contributed by atoms with Crippen molar-refractivity contribution >= 4 is 24.2 Å². The third-order valence-electron chi connectivity index (χ3n) is 4.17. The molecule has 2 N–H and O–H groups in total. The molecular formula is C15H22BNO5. The minimum atomic E-state index is -0.581. The van der Waals surface area contributed by atoms with Gasteiger partial charge in [-0.1, -0.05) is 6.07 Å². The van der Waals surface area contributed by atoms with Crippen LogP contribution in [0, 0.1) is 0 Å². The van der Waals surface area contributed by atoms with Gasteiger partial charge in [0.05, 0.1) is 24.0 Å². The van der Waals surface area contributed by atoms with Gasteiger partial charge >= 0.3 is 7.12 Å². The highest BCUT2D eigenvalue weighted by Crippen LogP contribution is 2.37. The summed E-state index contributed by atoms with van der Waals surface area (Å²) in [5, 5.41) is 11.4. The van der Waals surface area contributed by atoms with Gasteiger partial charge in [-0.05, 0) is 45.3 Å². The number of amides is 1. The summed E-state index contributed by atoms with van der Waals surface area (Å²) in [7, 11) is 1.01. The molecule has 1 aliphatic heterocycles. The molecule has 0 bridgehead atoms. The van der Waals surface area contributed by atoms with Gasteiger partial charge in [0.15, 0.2) is 0 Å². The van der Waals surface area contributed by atoms with Gasteiger partial charge in [-0.3, -0.25) is 4.79 Å². The molecule has 22 heavy (non-hydrogen) atoms. The van der Waals surface area contributed by atoms with E-state index in [4.69, 9.17) is 19.2 Å². The van der Waals surface area contributed by atoms with Crippen LogP contribution in [-0.4, -0.2) is 43.1 Å². The second-order valence-electron chi connectivity index (χ2n) is 6.25. The van der Waals surface area contributed by atoms with E-state index >= 15 is 0 Å². The molecule has 0 aromatic heterocycles. The molecule has 0 spiro atoms. The number of aliphatic hydroxyl groups is 1. The molecule has 0 atom stereocenters. The van der Waals surface area contributed by atoms with Crippen LogP contribution in [0.2, 0.25) is 0 Å². The zero-order valence-corrected chi connectivity index (χ0v) is 13.6. The molecule has 1 aromatic rings. The Morgan fingerprint density at radius 2 is 1.86 bits per heavy atom. The molecule has 0 saturated carbocycles. The van der Waals surface area contributed by atoms with Gasteiger partial charge in [0.25, 0.3) is 0 Å². The fraction of sp³-hybridized carbons (Fsp3) is 0.533.